The Morgan fingerprint density at radius 2 is 1.23 bits per heavy atom. The SMILES string of the molecule is CCOc1ccc(CCN(CCC(=O)O)C(=O)c2ccccc2-c2ccccc2C(=O)N(CCO)Cc2ccccc2)cc1. The van der Waals surface area contributed by atoms with Crippen LogP contribution in [0.25, 0.3) is 11.1 Å². The first-order valence-corrected chi connectivity index (χ1v) is 14.8. The molecule has 4 rings (SSSR count). The van der Waals surface area contributed by atoms with E-state index in [1.165, 1.54) is 0 Å². The molecule has 0 saturated heterocycles. The second kappa shape index (κ2) is 16.0. The molecule has 0 aliphatic rings. The second-order valence-electron chi connectivity index (χ2n) is 10.3. The molecule has 4 aromatic rings. The van der Waals surface area contributed by atoms with Gasteiger partial charge in [0, 0.05) is 37.3 Å². The molecule has 44 heavy (non-hydrogen) atoms. The number of aliphatic hydroxyl groups excluding tert-OH is 1. The normalized spacial score (nSPS) is 10.7. The third-order valence-corrected chi connectivity index (χ3v) is 7.27. The molecular formula is C36H38N2O6. The molecule has 2 N–H and O–H groups in total. The highest BCUT2D eigenvalue weighted by Gasteiger charge is 2.24. The first-order valence-electron chi connectivity index (χ1n) is 14.8. The van der Waals surface area contributed by atoms with Crippen LogP contribution in [0, 0.1) is 0 Å². The van der Waals surface area contributed by atoms with Crippen LogP contribution >= 0.6 is 0 Å². The van der Waals surface area contributed by atoms with Crippen molar-refractivity contribution in [1.29, 1.82) is 0 Å². The molecule has 0 aromatic heterocycles. The zero-order valence-electron chi connectivity index (χ0n) is 24.9. The molecule has 0 heterocycles. The van der Waals surface area contributed by atoms with Gasteiger partial charge in [-0.15, -0.1) is 0 Å². The highest BCUT2D eigenvalue weighted by Crippen LogP contribution is 2.30. The predicted molar refractivity (Wildman–Crippen MR) is 170 cm³/mol. The number of carbonyl (C=O) groups excluding carboxylic acids is 2. The third-order valence-electron chi connectivity index (χ3n) is 7.27. The van der Waals surface area contributed by atoms with Crippen molar-refractivity contribution in [2.24, 2.45) is 0 Å². The van der Waals surface area contributed by atoms with E-state index < -0.39 is 5.97 Å². The zero-order valence-corrected chi connectivity index (χ0v) is 24.9. The Morgan fingerprint density at radius 3 is 1.80 bits per heavy atom. The van der Waals surface area contributed by atoms with Gasteiger partial charge in [-0.05, 0) is 59.9 Å². The number of nitrogens with zero attached hydrogens (tertiary/aromatic N) is 2. The van der Waals surface area contributed by atoms with Gasteiger partial charge in [-0.25, -0.2) is 0 Å². The quantitative estimate of drug-likeness (QED) is 0.187. The van der Waals surface area contributed by atoms with Crippen LogP contribution in [-0.2, 0) is 17.8 Å². The molecule has 8 nitrogen and oxygen atoms in total. The topological polar surface area (TPSA) is 107 Å². The molecular weight excluding hydrogens is 556 g/mol. The van der Waals surface area contributed by atoms with Crippen LogP contribution in [0.4, 0.5) is 0 Å². The Balaban J connectivity index is 1.63. The first-order chi connectivity index (χ1) is 21.4. The Bertz CT molecular complexity index is 1540. The average Bonchev–Trinajstić information content (AvgIpc) is 3.05. The van der Waals surface area contributed by atoms with E-state index in [9.17, 15) is 24.6 Å². The fourth-order valence-corrected chi connectivity index (χ4v) is 5.06. The molecule has 0 aliphatic heterocycles. The lowest BCUT2D eigenvalue weighted by Crippen LogP contribution is -2.35. The minimum absolute atomic E-state index is 0.0431. The minimum Gasteiger partial charge on any atom is -0.494 e. The highest BCUT2D eigenvalue weighted by atomic mass is 16.5. The van der Waals surface area contributed by atoms with Crippen LogP contribution in [0.3, 0.4) is 0 Å². The molecule has 0 radical (unpaired) electrons. The highest BCUT2D eigenvalue weighted by molar-refractivity contribution is 6.06. The summed E-state index contributed by atoms with van der Waals surface area (Å²) in [6.07, 6.45) is 0.340. The van der Waals surface area contributed by atoms with E-state index in [4.69, 9.17) is 4.74 Å². The lowest BCUT2D eigenvalue weighted by atomic mass is 9.93. The molecule has 4 aromatic carbocycles. The summed E-state index contributed by atoms with van der Waals surface area (Å²) in [6, 6.07) is 31.4. The summed E-state index contributed by atoms with van der Waals surface area (Å²) in [4.78, 5) is 42.6. The van der Waals surface area contributed by atoms with E-state index in [-0.39, 0.29) is 37.9 Å². The number of rotatable bonds is 15. The fraction of sp³-hybridized carbons (Fsp3) is 0.250. The maximum Gasteiger partial charge on any atom is 0.305 e. The number of ether oxygens (including phenoxy) is 1. The number of carboxylic acid groups (broad SMARTS) is 1. The number of benzene rings is 4. The van der Waals surface area contributed by atoms with Crippen molar-refractivity contribution in [2.45, 2.75) is 26.3 Å². The zero-order chi connectivity index (χ0) is 31.3. The van der Waals surface area contributed by atoms with E-state index in [1.54, 1.807) is 46.2 Å². The largest absolute Gasteiger partial charge is 0.494 e. The molecule has 0 fully saturated rings. The Kier molecular flexibility index (Phi) is 11.7. The maximum absolute atomic E-state index is 14.1. The van der Waals surface area contributed by atoms with Gasteiger partial charge in [-0.3, -0.25) is 14.4 Å². The van der Waals surface area contributed by atoms with Crippen molar-refractivity contribution >= 4 is 17.8 Å². The lowest BCUT2D eigenvalue weighted by molar-refractivity contribution is -0.137. The van der Waals surface area contributed by atoms with Crippen LogP contribution in [0.1, 0.15) is 45.2 Å². The number of hydrogen-bond acceptors (Lipinski definition) is 5. The number of aliphatic hydroxyl groups is 1. The molecule has 0 spiro atoms. The number of carboxylic acids is 1. The fourth-order valence-electron chi connectivity index (χ4n) is 5.06. The molecule has 2 amide bonds. The van der Waals surface area contributed by atoms with Crippen LogP contribution < -0.4 is 4.74 Å². The summed E-state index contributed by atoms with van der Waals surface area (Å²) >= 11 is 0. The van der Waals surface area contributed by atoms with E-state index in [1.807, 2.05) is 73.7 Å². The summed E-state index contributed by atoms with van der Waals surface area (Å²) in [5, 5.41) is 19.1. The molecule has 0 atom stereocenters. The Morgan fingerprint density at radius 1 is 0.659 bits per heavy atom. The Hall–Kier alpha value is -4.95. The van der Waals surface area contributed by atoms with Gasteiger partial charge in [0.2, 0.25) is 0 Å². The average molecular weight is 595 g/mol. The lowest BCUT2D eigenvalue weighted by Gasteiger charge is -2.25. The monoisotopic (exact) mass is 594 g/mol. The first kappa shape index (κ1) is 32.0. The van der Waals surface area contributed by atoms with Crippen LogP contribution in [0.2, 0.25) is 0 Å². The predicted octanol–water partition coefficient (Wildman–Crippen LogP) is 5.55. The van der Waals surface area contributed by atoms with E-state index in [0.29, 0.717) is 48.4 Å². The summed E-state index contributed by atoms with van der Waals surface area (Å²) in [5.41, 5.74) is 3.87. The number of carbonyl (C=O) groups is 3. The molecule has 0 bridgehead atoms. The van der Waals surface area contributed by atoms with Crippen molar-refractivity contribution in [3.05, 3.63) is 125 Å². The summed E-state index contributed by atoms with van der Waals surface area (Å²) in [7, 11) is 0. The molecule has 0 aliphatic carbocycles. The molecule has 0 saturated carbocycles. The van der Waals surface area contributed by atoms with Gasteiger partial charge < -0.3 is 24.7 Å². The molecule has 8 heteroatoms. The number of amides is 2. The van der Waals surface area contributed by atoms with Crippen LogP contribution in [-0.4, -0.2) is 70.6 Å². The van der Waals surface area contributed by atoms with Gasteiger partial charge in [0.25, 0.3) is 11.8 Å². The van der Waals surface area contributed by atoms with Gasteiger partial charge in [-0.2, -0.15) is 0 Å². The van der Waals surface area contributed by atoms with Gasteiger partial charge >= 0.3 is 5.97 Å². The minimum atomic E-state index is -0.990. The van der Waals surface area contributed by atoms with Gasteiger partial charge in [-0.1, -0.05) is 78.9 Å². The van der Waals surface area contributed by atoms with Crippen molar-refractivity contribution in [1.82, 2.24) is 9.80 Å². The second-order valence-corrected chi connectivity index (χ2v) is 10.3. The van der Waals surface area contributed by atoms with Gasteiger partial charge in [0.05, 0.1) is 19.6 Å². The standard InChI is InChI=1S/C36H38N2O6/c1-2-44-29-18-16-27(17-19-29)20-22-37(23-21-34(40)41)35(42)32-14-8-6-12-30(32)31-13-7-9-15-33(31)36(43)38(24-25-39)26-28-10-4-3-5-11-28/h3-19,39H,2,20-26H2,1H3,(H,40,41). The smallest absolute Gasteiger partial charge is 0.305 e. The van der Waals surface area contributed by atoms with Gasteiger partial charge in [0.15, 0.2) is 0 Å². The van der Waals surface area contributed by atoms with Crippen molar-refractivity contribution < 1.29 is 29.3 Å². The molecule has 0 unspecified atom stereocenters. The van der Waals surface area contributed by atoms with Crippen molar-refractivity contribution in [2.75, 3.05) is 32.8 Å². The van der Waals surface area contributed by atoms with Crippen LogP contribution in [0.5, 0.6) is 5.75 Å². The Labute approximate surface area is 258 Å². The summed E-state index contributed by atoms with van der Waals surface area (Å²) in [5.74, 6) is -0.806. The van der Waals surface area contributed by atoms with E-state index in [0.717, 1.165) is 16.9 Å². The number of hydrogen-bond donors (Lipinski definition) is 2. The van der Waals surface area contributed by atoms with Crippen LogP contribution in [0.15, 0.2) is 103 Å². The number of aliphatic carboxylic acids is 1. The van der Waals surface area contributed by atoms with Crippen molar-refractivity contribution in [3.8, 4) is 16.9 Å². The van der Waals surface area contributed by atoms with Crippen molar-refractivity contribution in [3.63, 3.8) is 0 Å². The summed E-state index contributed by atoms with van der Waals surface area (Å²) in [6.45, 7) is 3.13. The third kappa shape index (κ3) is 8.55. The van der Waals surface area contributed by atoms with Gasteiger partial charge in [0.1, 0.15) is 5.75 Å². The maximum atomic E-state index is 14.1. The summed E-state index contributed by atoms with van der Waals surface area (Å²) < 4.78 is 5.52. The van der Waals surface area contributed by atoms with E-state index >= 15 is 0 Å². The molecule has 228 valence electrons. The van der Waals surface area contributed by atoms with E-state index in [2.05, 4.69) is 0 Å².